The van der Waals surface area contributed by atoms with E-state index in [2.05, 4.69) is 51.9 Å². The molecule has 1 atom stereocenters. The second-order valence-electron chi connectivity index (χ2n) is 7.23. The molecule has 1 aliphatic rings. The smallest absolute Gasteiger partial charge is 0.0720 e. The molecule has 0 nitrogen and oxygen atoms in total. The lowest BCUT2D eigenvalue weighted by atomic mass is 9.94. The Kier molecular flexibility index (Phi) is 4.06. The monoisotopic (exact) mass is 252 g/mol. The summed E-state index contributed by atoms with van der Waals surface area (Å²) in [7, 11) is -2.21. The van der Waals surface area contributed by atoms with E-state index in [0.29, 0.717) is 0 Å². The minimum Gasteiger partial charge on any atom is -0.103 e. The van der Waals surface area contributed by atoms with E-state index in [1.807, 2.05) is 0 Å². The minimum absolute atomic E-state index is 0.790. The van der Waals surface area contributed by atoms with Gasteiger partial charge in [0, 0.05) is 0 Å². The molecule has 0 N–H and O–H groups in total. The average Bonchev–Trinajstić information content (AvgIpc) is 2.14. The first-order valence-electron chi connectivity index (χ1n) is 6.51. The highest BCUT2D eigenvalue weighted by Gasteiger charge is 2.30. The van der Waals surface area contributed by atoms with E-state index in [1.54, 1.807) is 10.4 Å². The highest BCUT2D eigenvalue weighted by molar-refractivity contribution is 6.84. The second kappa shape index (κ2) is 4.65. The van der Waals surface area contributed by atoms with E-state index in [1.165, 1.54) is 19.3 Å². The third kappa shape index (κ3) is 3.46. The van der Waals surface area contributed by atoms with Crippen LogP contribution in [0.1, 0.15) is 19.3 Å². The highest BCUT2D eigenvalue weighted by atomic mass is 28.3. The van der Waals surface area contributed by atoms with Crippen LogP contribution in [0.3, 0.4) is 0 Å². The zero-order valence-electron chi connectivity index (χ0n) is 12.0. The molecule has 0 fully saturated rings. The minimum atomic E-state index is -1.14. The van der Waals surface area contributed by atoms with Crippen LogP contribution in [0.15, 0.2) is 23.0 Å². The van der Waals surface area contributed by atoms with E-state index < -0.39 is 16.1 Å². The summed E-state index contributed by atoms with van der Waals surface area (Å²) in [5.74, 6) is 0.790. The molecule has 1 unspecified atom stereocenters. The van der Waals surface area contributed by atoms with Gasteiger partial charge in [0.15, 0.2) is 0 Å². The highest BCUT2D eigenvalue weighted by Crippen LogP contribution is 2.36. The van der Waals surface area contributed by atoms with E-state index in [0.717, 1.165) is 5.92 Å². The summed E-state index contributed by atoms with van der Waals surface area (Å²) in [6.45, 7) is 19.1. The molecule has 16 heavy (non-hydrogen) atoms. The fourth-order valence-corrected chi connectivity index (χ4v) is 5.52. The van der Waals surface area contributed by atoms with Crippen LogP contribution in [0.4, 0.5) is 0 Å². The predicted octanol–water partition coefficient (Wildman–Crippen LogP) is 5.02. The molecule has 0 bridgehead atoms. The topological polar surface area (TPSA) is 0 Å². The zero-order chi connectivity index (χ0) is 12.6. The van der Waals surface area contributed by atoms with Crippen LogP contribution >= 0.6 is 0 Å². The van der Waals surface area contributed by atoms with E-state index in [4.69, 9.17) is 0 Å². The number of hydrogen-bond acceptors (Lipinski definition) is 0. The van der Waals surface area contributed by atoms with Gasteiger partial charge < -0.3 is 0 Å². The maximum absolute atomic E-state index is 4.42. The Morgan fingerprint density at radius 1 is 1.19 bits per heavy atom. The third-order valence-corrected chi connectivity index (χ3v) is 8.46. The SMILES string of the molecule is C=C(C1CCC=C([Si](C)(C)C)C1)[Si](C)(C)C. The normalized spacial score (nSPS) is 22.9. The number of allylic oxidation sites excluding steroid dienone is 3. The summed E-state index contributed by atoms with van der Waals surface area (Å²) in [6, 6.07) is 0. The molecule has 0 aromatic rings. The van der Waals surface area contributed by atoms with Crippen molar-refractivity contribution >= 4 is 16.1 Å². The fraction of sp³-hybridized carbons (Fsp3) is 0.714. The molecule has 0 saturated heterocycles. The van der Waals surface area contributed by atoms with E-state index >= 15 is 0 Å². The lowest BCUT2D eigenvalue weighted by molar-refractivity contribution is 0.562. The fourth-order valence-electron chi connectivity index (χ4n) is 2.43. The third-order valence-electron chi connectivity index (χ3n) is 3.79. The van der Waals surface area contributed by atoms with Crippen molar-refractivity contribution in [3.8, 4) is 0 Å². The van der Waals surface area contributed by atoms with E-state index in [-0.39, 0.29) is 0 Å². The molecule has 1 aliphatic carbocycles. The molecule has 1 rings (SSSR count). The first-order valence-corrected chi connectivity index (χ1v) is 13.5. The zero-order valence-corrected chi connectivity index (χ0v) is 14.0. The molecule has 0 spiro atoms. The molecule has 0 radical (unpaired) electrons. The number of rotatable bonds is 3. The maximum atomic E-state index is 4.42. The van der Waals surface area contributed by atoms with Crippen molar-refractivity contribution in [2.75, 3.05) is 0 Å². The lowest BCUT2D eigenvalue weighted by Gasteiger charge is -2.34. The van der Waals surface area contributed by atoms with Crippen molar-refractivity contribution in [1.82, 2.24) is 0 Å². The quantitative estimate of drug-likeness (QED) is 0.618. The molecule has 92 valence electrons. The van der Waals surface area contributed by atoms with Crippen LogP contribution in [0.5, 0.6) is 0 Å². The van der Waals surface area contributed by atoms with Gasteiger partial charge in [-0.1, -0.05) is 55.8 Å². The van der Waals surface area contributed by atoms with Crippen LogP contribution in [0.2, 0.25) is 39.3 Å². The van der Waals surface area contributed by atoms with Crippen molar-refractivity contribution in [2.24, 2.45) is 5.92 Å². The standard InChI is InChI=1S/C14H28Si2/c1-12(15(2,3)4)13-9-8-10-14(11-13)16(5,6)7/h10,13H,1,8-9,11H2,2-7H3. The summed E-state index contributed by atoms with van der Waals surface area (Å²) in [5, 5.41) is 3.37. The van der Waals surface area contributed by atoms with Crippen molar-refractivity contribution in [3.05, 3.63) is 23.0 Å². The summed E-state index contributed by atoms with van der Waals surface area (Å²) >= 11 is 0. The Morgan fingerprint density at radius 2 is 1.75 bits per heavy atom. The van der Waals surface area contributed by atoms with E-state index in [9.17, 15) is 0 Å². The molecular weight excluding hydrogens is 224 g/mol. The Bertz CT molecular complexity index is 300. The molecule has 0 heterocycles. The van der Waals surface area contributed by atoms with Gasteiger partial charge >= 0.3 is 0 Å². The van der Waals surface area contributed by atoms with Crippen molar-refractivity contribution in [2.45, 2.75) is 58.5 Å². The van der Waals surface area contributed by atoms with Gasteiger partial charge in [-0.25, -0.2) is 0 Å². The molecule has 0 aromatic heterocycles. The Labute approximate surface area is 104 Å². The van der Waals surface area contributed by atoms with Gasteiger partial charge in [-0.05, 0) is 25.2 Å². The van der Waals surface area contributed by atoms with Crippen LogP contribution in [0.25, 0.3) is 0 Å². The molecular formula is C14H28Si2. The van der Waals surface area contributed by atoms with Crippen molar-refractivity contribution in [3.63, 3.8) is 0 Å². The summed E-state index contributed by atoms with van der Waals surface area (Å²) in [4.78, 5) is 0. The lowest BCUT2D eigenvalue weighted by Crippen LogP contribution is -2.33. The summed E-state index contributed by atoms with van der Waals surface area (Å²) in [6.07, 6.45) is 6.48. The summed E-state index contributed by atoms with van der Waals surface area (Å²) < 4.78 is 0. The predicted molar refractivity (Wildman–Crippen MR) is 81.3 cm³/mol. The Hall–Kier alpha value is -0.0862. The Morgan fingerprint density at radius 3 is 2.19 bits per heavy atom. The molecule has 0 aliphatic heterocycles. The maximum Gasteiger partial charge on any atom is 0.0720 e. The van der Waals surface area contributed by atoms with Crippen LogP contribution in [-0.4, -0.2) is 16.1 Å². The number of hydrogen-bond donors (Lipinski definition) is 0. The van der Waals surface area contributed by atoms with Crippen molar-refractivity contribution in [1.29, 1.82) is 0 Å². The Balaban J connectivity index is 2.77. The molecule has 0 amide bonds. The van der Waals surface area contributed by atoms with Crippen LogP contribution in [0, 0.1) is 5.92 Å². The van der Waals surface area contributed by atoms with Gasteiger partial charge in [0.2, 0.25) is 0 Å². The first-order chi connectivity index (χ1) is 7.12. The first kappa shape index (κ1) is 14.0. The van der Waals surface area contributed by atoms with Gasteiger partial charge in [0.05, 0.1) is 16.1 Å². The largest absolute Gasteiger partial charge is 0.103 e. The van der Waals surface area contributed by atoms with Gasteiger partial charge in [0.25, 0.3) is 0 Å². The molecule has 0 aromatic carbocycles. The van der Waals surface area contributed by atoms with Gasteiger partial charge in [-0.3, -0.25) is 0 Å². The molecule has 2 heteroatoms. The molecule has 0 saturated carbocycles. The second-order valence-corrected chi connectivity index (χ2v) is 17.5. The van der Waals surface area contributed by atoms with Crippen molar-refractivity contribution < 1.29 is 0 Å². The van der Waals surface area contributed by atoms with Gasteiger partial charge in [-0.2, -0.15) is 0 Å². The van der Waals surface area contributed by atoms with Crippen LogP contribution in [-0.2, 0) is 0 Å². The van der Waals surface area contributed by atoms with Gasteiger partial charge in [-0.15, -0.1) is 6.58 Å². The van der Waals surface area contributed by atoms with Crippen LogP contribution < -0.4 is 0 Å². The summed E-state index contributed by atoms with van der Waals surface area (Å²) in [5.41, 5.74) is 0. The average molecular weight is 253 g/mol. The van der Waals surface area contributed by atoms with Gasteiger partial charge in [0.1, 0.15) is 0 Å².